The number of hydrogen-bond donors (Lipinski definition) is 1. The molecule has 4 rings (SSSR count). The van der Waals surface area contributed by atoms with Gasteiger partial charge in [-0.2, -0.15) is 0 Å². The maximum Gasteiger partial charge on any atom is 0.306 e. The molecule has 0 bridgehead atoms. The standard InChI is InChI=1S/C26H29Cl2NO6S/c1-15(2)36(33,34)14-21(16-6-7-16)29-24(17-8-10-19(27)11-9-17)25(18-4-3-5-20(28)12-18)35-22(26(29)32)13-23(30)31/h3-5,8-12,15-16,21-22,24-25H,6-7,13-14H2,1-2H3,(H,30,31)/t21?,22-,24?,25?/m0/s1. The molecule has 2 aromatic rings. The van der Waals surface area contributed by atoms with Gasteiger partial charge < -0.3 is 14.7 Å². The van der Waals surface area contributed by atoms with Crippen LogP contribution in [0.2, 0.25) is 10.0 Å². The number of morpholine rings is 1. The summed E-state index contributed by atoms with van der Waals surface area (Å²) in [4.78, 5) is 27.1. The molecule has 4 atom stereocenters. The summed E-state index contributed by atoms with van der Waals surface area (Å²) in [5.74, 6) is -1.90. The molecule has 10 heteroatoms. The van der Waals surface area contributed by atoms with Crippen molar-refractivity contribution in [3.8, 4) is 0 Å². The summed E-state index contributed by atoms with van der Waals surface area (Å²) in [6.45, 7) is 3.25. The van der Waals surface area contributed by atoms with E-state index in [1.54, 1.807) is 61.2 Å². The Bertz CT molecular complexity index is 1230. The van der Waals surface area contributed by atoms with Gasteiger partial charge in [0.25, 0.3) is 5.91 Å². The first kappa shape index (κ1) is 26.9. The number of ether oxygens (including phenoxy) is 1. The Labute approximate surface area is 221 Å². The van der Waals surface area contributed by atoms with Gasteiger partial charge in [-0.3, -0.25) is 9.59 Å². The van der Waals surface area contributed by atoms with Crippen molar-refractivity contribution >= 4 is 44.9 Å². The van der Waals surface area contributed by atoms with E-state index in [1.165, 1.54) is 0 Å². The molecule has 2 fully saturated rings. The average Bonchev–Trinajstić information content (AvgIpc) is 3.64. The zero-order chi connectivity index (χ0) is 26.2. The first-order valence-electron chi connectivity index (χ1n) is 11.9. The average molecular weight is 554 g/mol. The van der Waals surface area contributed by atoms with Crippen molar-refractivity contribution in [1.82, 2.24) is 4.90 Å². The predicted octanol–water partition coefficient (Wildman–Crippen LogP) is 5.08. The van der Waals surface area contributed by atoms with E-state index >= 15 is 0 Å². The number of hydrogen-bond acceptors (Lipinski definition) is 5. The second-order valence-corrected chi connectivity index (χ2v) is 13.2. The lowest BCUT2D eigenvalue weighted by Gasteiger charge is -2.48. The van der Waals surface area contributed by atoms with Crippen LogP contribution in [-0.2, 0) is 24.2 Å². The fourth-order valence-corrected chi connectivity index (χ4v) is 6.34. The van der Waals surface area contributed by atoms with Crippen molar-refractivity contribution in [2.45, 2.75) is 62.7 Å². The molecule has 1 N–H and O–H groups in total. The molecule has 7 nitrogen and oxygen atoms in total. The molecule has 1 aliphatic carbocycles. The molecule has 0 aromatic heterocycles. The molecule has 1 saturated carbocycles. The highest BCUT2D eigenvalue weighted by molar-refractivity contribution is 7.92. The minimum absolute atomic E-state index is 0.000801. The Morgan fingerprint density at radius 2 is 1.75 bits per heavy atom. The van der Waals surface area contributed by atoms with E-state index in [9.17, 15) is 23.1 Å². The summed E-state index contributed by atoms with van der Waals surface area (Å²) in [7, 11) is -3.51. The Morgan fingerprint density at radius 1 is 1.08 bits per heavy atom. The second kappa shape index (κ2) is 10.7. The normalized spacial score (nSPS) is 23.6. The third-order valence-corrected chi connectivity index (χ3v) is 9.55. The van der Waals surface area contributed by atoms with Gasteiger partial charge in [-0.25, -0.2) is 8.42 Å². The van der Waals surface area contributed by atoms with E-state index in [0.717, 1.165) is 12.8 Å². The van der Waals surface area contributed by atoms with Gasteiger partial charge >= 0.3 is 5.97 Å². The van der Waals surface area contributed by atoms with E-state index in [1.807, 2.05) is 6.07 Å². The lowest BCUT2D eigenvalue weighted by molar-refractivity contribution is -0.183. The molecule has 1 saturated heterocycles. The highest BCUT2D eigenvalue weighted by Crippen LogP contribution is 2.48. The van der Waals surface area contributed by atoms with Gasteiger partial charge in [0.1, 0.15) is 12.2 Å². The number of carboxylic acids is 1. The smallest absolute Gasteiger partial charge is 0.306 e. The monoisotopic (exact) mass is 553 g/mol. The minimum atomic E-state index is -3.51. The number of benzene rings is 2. The maximum absolute atomic E-state index is 13.9. The van der Waals surface area contributed by atoms with Crippen molar-refractivity contribution in [2.24, 2.45) is 5.92 Å². The Balaban J connectivity index is 1.89. The second-order valence-electron chi connectivity index (χ2n) is 9.72. The SMILES string of the molecule is CC(C)S(=O)(=O)CC(C1CC1)N1C(=O)[C@H](CC(=O)O)OC(c2cccc(Cl)c2)C1c1ccc(Cl)cc1. The van der Waals surface area contributed by atoms with Crippen molar-refractivity contribution in [1.29, 1.82) is 0 Å². The van der Waals surface area contributed by atoms with Crippen LogP contribution in [0, 0.1) is 5.92 Å². The van der Waals surface area contributed by atoms with Crippen LogP contribution in [0.3, 0.4) is 0 Å². The summed E-state index contributed by atoms with van der Waals surface area (Å²) in [6.07, 6.45) is -0.981. The number of halogens is 2. The van der Waals surface area contributed by atoms with E-state index in [4.69, 9.17) is 27.9 Å². The zero-order valence-corrected chi connectivity index (χ0v) is 22.3. The van der Waals surface area contributed by atoms with Gasteiger partial charge in [-0.15, -0.1) is 0 Å². The number of carbonyl (C=O) groups is 2. The van der Waals surface area contributed by atoms with E-state index in [2.05, 4.69) is 0 Å². The summed E-state index contributed by atoms with van der Waals surface area (Å²) in [5, 5.41) is 9.89. The third-order valence-electron chi connectivity index (χ3n) is 6.82. The summed E-state index contributed by atoms with van der Waals surface area (Å²) in [5.41, 5.74) is 1.37. The highest BCUT2D eigenvalue weighted by Gasteiger charge is 2.51. The number of nitrogens with zero attached hydrogens (tertiary/aromatic N) is 1. The Morgan fingerprint density at radius 3 is 2.31 bits per heavy atom. The predicted molar refractivity (Wildman–Crippen MR) is 138 cm³/mol. The van der Waals surface area contributed by atoms with Crippen LogP contribution in [0.25, 0.3) is 0 Å². The van der Waals surface area contributed by atoms with Crippen LogP contribution in [0.1, 0.15) is 56.4 Å². The van der Waals surface area contributed by atoms with Gasteiger partial charge in [0.15, 0.2) is 9.84 Å². The van der Waals surface area contributed by atoms with Crippen LogP contribution in [0.15, 0.2) is 48.5 Å². The van der Waals surface area contributed by atoms with Gasteiger partial charge in [0.05, 0.1) is 23.5 Å². The molecule has 1 amide bonds. The highest BCUT2D eigenvalue weighted by atomic mass is 35.5. The quantitative estimate of drug-likeness (QED) is 0.464. The van der Waals surface area contributed by atoms with Crippen molar-refractivity contribution < 1.29 is 27.9 Å². The number of sulfone groups is 1. The molecule has 3 unspecified atom stereocenters. The number of carbonyl (C=O) groups excluding carboxylic acids is 1. The topological polar surface area (TPSA) is 101 Å². The molecule has 0 radical (unpaired) electrons. The van der Waals surface area contributed by atoms with Crippen molar-refractivity contribution in [3.63, 3.8) is 0 Å². The molecular weight excluding hydrogens is 525 g/mol. The van der Waals surface area contributed by atoms with Crippen LogP contribution in [0.4, 0.5) is 0 Å². The largest absolute Gasteiger partial charge is 0.481 e. The fraction of sp³-hybridized carbons (Fsp3) is 0.462. The first-order chi connectivity index (χ1) is 17.0. The van der Waals surface area contributed by atoms with Crippen molar-refractivity contribution in [2.75, 3.05) is 5.75 Å². The zero-order valence-electron chi connectivity index (χ0n) is 20.0. The lowest BCUT2D eigenvalue weighted by Crippen LogP contribution is -2.57. The number of aliphatic carboxylic acids is 1. The van der Waals surface area contributed by atoms with Gasteiger partial charge in [-0.05, 0) is 68.0 Å². The number of rotatable bonds is 9. The maximum atomic E-state index is 13.9. The lowest BCUT2D eigenvalue weighted by atomic mass is 9.89. The number of amides is 1. The molecule has 0 spiro atoms. The molecule has 194 valence electrons. The van der Waals surface area contributed by atoms with E-state index in [-0.39, 0.29) is 11.7 Å². The molecule has 2 aliphatic rings. The Hall–Kier alpha value is -2.13. The van der Waals surface area contributed by atoms with E-state index < -0.39 is 57.7 Å². The van der Waals surface area contributed by atoms with Gasteiger partial charge in [0, 0.05) is 16.1 Å². The number of carboxylic acid groups (broad SMARTS) is 1. The van der Waals surface area contributed by atoms with Crippen LogP contribution in [0.5, 0.6) is 0 Å². The summed E-state index contributed by atoms with van der Waals surface area (Å²) < 4.78 is 32.3. The molecular formula is C26H29Cl2NO6S. The first-order valence-corrected chi connectivity index (χ1v) is 14.4. The molecule has 1 aliphatic heterocycles. The van der Waals surface area contributed by atoms with Crippen LogP contribution in [-0.4, -0.2) is 53.4 Å². The summed E-state index contributed by atoms with van der Waals surface area (Å²) in [6, 6.07) is 12.7. The van der Waals surface area contributed by atoms with Crippen molar-refractivity contribution in [3.05, 3.63) is 69.7 Å². The molecule has 36 heavy (non-hydrogen) atoms. The van der Waals surface area contributed by atoms with Gasteiger partial charge in [0.2, 0.25) is 0 Å². The Kier molecular flexibility index (Phi) is 8.00. The molecule has 2 aromatic carbocycles. The fourth-order valence-electron chi connectivity index (χ4n) is 4.72. The third kappa shape index (κ3) is 5.88. The molecule has 1 heterocycles. The van der Waals surface area contributed by atoms with Crippen LogP contribution >= 0.6 is 23.2 Å². The van der Waals surface area contributed by atoms with Gasteiger partial charge in [-0.1, -0.05) is 47.5 Å². The minimum Gasteiger partial charge on any atom is -0.481 e. The van der Waals surface area contributed by atoms with E-state index in [0.29, 0.717) is 21.2 Å². The summed E-state index contributed by atoms with van der Waals surface area (Å²) >= 11 is 12.4. The van der Waals surface area contributed by atoms with Crippen LogP contribution < -0.4 is 0 Å².